The number of nitrogens with zero attached hydrogens (tertiary/aromatic N) is 1. The van der Waals surface area contributed by atoms with Crippen molar-refractivity contribution < 1.29 is 18.9 Å². The molecule has 1 aromatic rings. The smallest absolute Gasteiger partial charge is 0.354 e. The monoisotopic (exact) mass is 285 g/mol. The molecule has 0 radical (unpaired) electrons. The number of H-pyrrole nitrogens is 1. The fraction of sp³-hybridized carbons (Fsp3) is 0.455. The summed E-state index contributed by atoms with van der Waals surface area (Å²) in [5.74, 6) is -0.195. The van der Waals surface area contributed by atoms with Crippen molar-refractivity contribution in [1.29, 1.82) is 0 Å². The van der Waals surface area contributed by atoms with Gasteiger partial charge in [-0.25, -0.2) is 9.59 Å². The van der Waals surface area contributed by atoms with Crippen molar-refractivity contribution in [3.63, 3.8) is 0 Å². The standard InChI is InChI=1S/C11H15N3O4S/c1-7-6-8(9(12-7)10(15)16)13-11(17)14-2-4-19(18)5-3-14/h6,12H,2-5H2,1H3,(H,13,17)(H,15,16). The van der Waals surface area contributed by atoms with E-state index in [4.69, 9.17) is 5.11 Å². The number of urea groups is 1. The van der Waals surface area contributed by atoms with Crippen LogP contribution in [0.3, 0.4) is 0 Å². The number of nitrogens with one attached hydrogen (secondary N) is 2. The molecule has 1 fully saturated rings. The van der Waals surface area contributed by atoms with Crippen molar-refractivity contribution in [2.24, 2.45) is 0 Å². The highest BCUT2D eigenvalue weighted by molar-refractivity contribution is 7.85. The van der Waals surface area contributed by atoms with E-state index in [0.717, 1.165) is 0 Å². The zero-order chi connectivity index (χ0) is 14.0. The number of rotatable bonds is 2. The van der Waals surface area contributed by atoms with Gasteiger partial charge in [-0.15, -0.1) is 0 Å². The number of hydrogen-bond donors (Lipinski definition) is 3. The Morgan fingerprint density at radius 1 is 1.42 bits per heavy atom. The number of amides is 2. The van der Waals surface area contributed by atoms with Gasteiger partial charge in [0.15, 0.2) is 0 Å². The number of carbonyl (C=O) groups is 2. The summed E-state index contributed by atoms with van der Waals surface area (Å²) in [6, 6.07) is 1.21. The van der Waals surface area contributed by atoms with Gasteiger partial charge in [0.1, 0.15) is 5.69 Å². The number of aromatic carboxylic acids is 1. The lowest BCUT2D eigenvalue weighted by atomic mass is 10.3. The average molecular weight is 285 g/mol. The Kier molecular flexibility index (Phi) is 3.89. The van der Waals surface area contributed by atoms with Crippen LogP contribution >= 0.6 is 0 Å². The summed E-state index contributed by atoms with van der Waals surface area (Å²) >= 11 is 0. The molecule has 0 saturated carbocycles. The van der Waals surface area contributed by atoms with E-state index in [-0.39, 0.29) is 17.4 Å². The molecule has 0 bridgehead atoms. The number of carboxylic acids is 1. The quantitative estimate of drug-likeness (QED) is 0.741. The largest absolute Gasteiger partial charge is 0.477 e. The van der Waals surface area contributed by atoms with E-state index in [0.29, 0.717) is 30.3 Å². The van der Waals surface area contributed by atoms with E-state index >= 15 is 0 Å². The molecule has 2 amide bonds. The molecule has 0 unspecified atom stereocenters. The van der Waals surface area contributed by atoms with Gasteiger partial charge in [0.2, 0.25) is 0 Å². The lowest BCUT2D eigenvalue weighted by molar-refractivity contribution is 0.0692. The second kappa shape index (κ2) is 5.43. The first kappa shape index (κ1) is 13.6. The Morgan fingerprint density at radius 3 is 2.63 bits per heavy atom. The third-order valence-corrected chi connectivity index (χ3v) is 4.15. The number of aromatic amines is 1. The van der Waals surface area contributed by atoms with Gasteiger partial charge in [-0.05, 0) is 13.0 Å². The predicted octanol–water partition coefficient (Wildman–Crippen LogP) is 0.618. The van der Waals surface area contributed by atoms with Crippen LogP contribution in [0.2, 0.25) is 0 Å². The van der Waals surface area contributed by atoms with Crippen molar-refractivity contribution in [2.75, 3.05) is 29.9 Å². The van der Waals surface area contributed by atoms with E-state index in [1.807, 2.05) is 0 Å². The summed E-state index contributed by atoms with van der Waals surface area (Å²) in [4.78, 5) is 27.2. The topological polar surface area (TPSA) is 102 Å². The molecule has 0 aliphatic carbocycles. The van der Waals surface area contributed by atoms with Gasteiger partial charge in [-0.1, -0.05) is 0 Å². The molecule has 2 rings (SSSR count). The maximum absolute atomic E-state index is 12.0. The normalized spacial score (nSPS) is 16.4. The second-order valence-electron chi connectivity index (χ2n) is 4.31. The molecule has 0 aromatic carbocycles. The SMILES string of the molecule is Cc1cc(NC(=O)N2CCS(=O)CC2)c(C(=O)O)[nH]1. The summed E-state index contributed by atoms with van der Waals surface area (Å²) in [5, 5.41) is 11.6. The number of hydrogen-bond acceptors (Lipinski definition) is 3. The van der Waals surface area contributed by atoms with Crippen LogP contribution in [0.1, 0.15) is 16.2 Å². The van der Waals surface area contributed by atoms with Gasteiger partial charge in [-0.2, -0.15) is 0 Å². The Labute approximate surface area is 112 Å². The van der Waals surface area contributed by atoms with E-state index in [9.17, 15) is 13.8 Å². The predicted molar refractivity (Wildman–Crippen MR) is 71.0 cm³/mol. The number of carboxylic acid groups (broad SMARTS) is 1. The van der Waals surface area contributed by atoms with Gasteiger partial charge < -0.3 is 20.3 Å². The molecule has 1 aromatic heterocycles. The van der Waals surface area contributed by atoms with Crippen LogP contribution < -0.4 is 5.32 Å². The third kappa shape index (κ3) is 3.14. The maximum Gasteiger partial charge on any atom is 0.354 e. The van der Waals surface area contributed by atoms with Crippen LogP contribution in [-0.4, -0.2) is 55.8 Å². The fourth-order valence-corrected chi connectivity index (χ4v) is 2.94. The minimum absolute atomic E-state index is 0.0357. The Bertz CT molecular complexity index is 530. The molecular weight excluding hydrogens is 270 g/mol. The zero-order valence-electron chi connectivity index (χ0n) is 10.4. The van der Waals surface area contributed by atoms with Gasteiger partial charge in [0, 0.05) is 41.1 Å². The van der Waals surface area contributed by atoms with Crippen molar-refractivity contribution in [3.8, 4) is 0 Å². The second-order valence-corrected chi connectivity index (χ2v) is 6.01. The van der Waals surface area contributed by atoms with E-state index in [1.165, 1.54) is 4.90 Å². The lowest BCUT2D eigenvalue weighted by Crippen LogP contribution is -2.44. The molecule has 1 aliphatic rings. The number of aryl methyl sites for hydroxylation is 1. The highest BCUT2D eigenvalue weighted by Crippen LogP contribution is 2.17. The molecule has 3 N–H and O–H groups in total. The van der Waals surface area contributed by atoms with Gasteiger partial charge in [0.05, 0.1) is 5.69 Å². The van der Waals surface area contributed by atoms with Crippen LogP contribution in [0.15, 0.2) is 6.07 Å². The summed E-state index contributed by atoms with van der Waals surface area (Å²) < 4.78 is 11.2. The van der Waals surface area contributed by atoms with Crippen molar-refractivity contribution in [3.05, 3.63) is 17.5 Å². The first-order valence-corrected chi connectivity index (χ1v) is 7.30. The van der Waals surface area contributed by atoms with E-state index in [2.05, 4.69) is 10.3 Å². The van der Waals surface area contributed by atoms with E-state index in [1.54, 1.807) is 13.0 Å². The highest BCUT2D eigenvalue weighted by Gasteiger charge is 2.22. The number of anilines is 1. The van der Waals surface area contributed by atoms with Crippen LogP contribution in [0.25, 0.3) is 0 Å². The molecular formula is C11H15N3O4S. The molecule has 7 nitrogen and oxygen atoms in total. The minimum Gasteiger partial charge on any atom is -0.477 e. The minimum atomic E-state index is -1.12. The first-order chi connectivity index (χ1) is 8.97. The van der Waals surface area contributed by atoms with Crippen LogP contribution in [-0.2, 0) is 10.8 Å². The molecule has 104 valence electrons. The van der Waals surface area contributed by atoms with Crippen molar-refractivity contribution >= 4 is 28.5 Å². The van der Waals surface area contributed by atoms with Crippen LogP contribution in [0, 0.1) is 6.92 Å². The Hall–Kier alpha value is -1.83. The molecule has 1 saturated heterocycles. The zero-order valence-corrected chi connectivity index (χ0v) is 11.2. The summed E-state index contributed by atoms with van der Waals surface area (Å²) in [6.07, 6.45) is 0. The summed E-state index contributed by atoms with van der Waals surface area (Å²) in [6.45, 7) is 2.56. The van der Waals surface area contributed by atoms with Crippen molar-refractivity contribution in [1.82, 2.24) is 9.88 Å². The highest BCUT2D eigenvalue weighted by atomic mass is 32.2. The Balaban J connectivity index is 2.06. The fourth-order valence-electron chi connectivity index (χ4n) is 1.89. The molecule has 2 heterocycles. The van der Waals surface area contributed by atoms with Crippen LogP contribution in [0.4, 0.5) is 10.5 Å². The molecule has 8 heteroatoms. The van der Waals surface area contributed by atoms with Gasteiger partial charge >= 0.3 is 12.0 Å². The number of carbonyl (C=O) groups excluding carboxylic acids is 1. The molecule has 19 heavy (non-hydrogen) atoms. The summed E-state index contributed by atoms with van der Waals surface area (Å²) in [5.41, 5.74) is 0.876. The lowest BCUT2D eigenvalue weighted by Gasteiger charge is -2.26. The Morgan fingerprint density at radius 2 is 2.05 bits per heavy atom. The molecule has 0 spiro atoms. The van der Waals surface area contributed by atoms with Crippen LogP contribution in [0.5, 0.6) is 0 Å². The third-order valence-electron chi connectivity index (χ3n) is 2.87. The molecule has 1 aliphatic heterocycles. The summed E-state index contributed by atoms with van der Waals surface area (Å²) in [7, 11) is -0.853. The maximum atomic E-state index is 12.0. The van der Waals surface area contributed by atoms with Gasteiger partial charge in [0.25, 0.3) is 0 Å². The molecule has 0 atom stereocenters. The van der Waals surface area contributed by atoms with Crippen molar-refractivity contribution in [2.45, 2.75) is 6.92 Å². The van der Waals surface area contributed by atoms with Gasteiger partial charge in [-0.3, -0.25) is 4.21 Å². The van der Waals surface area contributed by atoms with E-state index < -0.39 is 16.8 Å². The number of aromatic nitrogens is 1. The average Bonchev–Trinajstić information content (AvgIpc) is 2.71. The first-order valence-electron chi connectivity index (χ1n) is 5.81.